The number of hydrogen-bond acceptors (Lipinski definition) is 8. The van der Waals surface area contributed by atoms with Crippen molar-refractivity contribution >= 4 is 29.7 Å². The zero-order valence-corrected chi connectivity index (χ0v) is 15.9. The van der Waals surface area contributed by atoms with Crippen molar-refractivity contribution in [2.24, 2.45) is 11.5 Å². The van der Waals surface area contributed by atoms with Crippen LogP contribution in [0, 0.1) is 0 Å². The van der Waals surface area contributed by atoms with E-state index in [0.717, 1.165) is 0 Å². The van der Waals surface area contributed by atoms with Crippen LogP contribution in [0.5, 0.6) is 0 Å². The molecular formula is C16H29N5O8. The van der Waals surface area contributed by atoms with Gasteiger partial charge in [0.2, 0.25) is 17.7 Å². The Morgan fingerprint density at radius 3 is 2.07 bits per heavy atom. The van der Waals surface area contributed by atoms with Gasteiger partial charge in [-0.05, 0) is 25.8 Å². The molecule has 0 rings (SSSR count). The molecule has 3 unspecified atom stereocenters. The Morgan fingerprint density at radius 2 is 1.55 bits per heavy atom. The number of amides is 3. The second-order valence-corrected chi connectivity index (χ2v) is 6.24. The maximum atomic E-state index is 12.1. The lowest BCUT2D eigenvalue weighted by Crippen LogP contribution is -2.54. The second-order valence-electron chi connectivity index (χ2n) is 6.24. The molecule has 3 atom stereocenters. The normalized spacial score (nSPS) is 13.6. The lowest BCUT2D eigenvalue weighted by molar-refractivity contribution is -0.144. The molecule has 166 valence electrons. The van der Waals surface area contributed by atoms with Crippen molar-refractivity contribution in [2.45, 2.75) is 50.2 Å². The van der Waals surface area contributed by atoms with Crippen LogP contribution in [0.2, 0.25) is 0 Å². The topological polar surface area (TPSA) is 234 Å². The fourth-order valence-electron chi connectivity index (χ4n) is 2.18. The highest BCUT2D eigenvalue weighted by Crippen LogP contribution is 2.00. The van der Waals surface area contributed by atoms with Gasteiger partial charge in [0.05, 0.1) is 19.2 Å². The number of carboxylic acids is 2. The van der Waals surface area contributed by atoms with E-state index in [0.29, 0.717) is 25.8 Å². The summed E-state index contributed by atoms with van der Waals surface area (Å²) < 4.78 is 0. The van der Waals surface area contributed by atoms with Gasteiger partial charge >= 0.3 is 11.9 Å². The van der Waals surface area contributed by atoms with Gasteiger partial charge in [-0.1, -0.05) is 6.42 Å². The Balaban J connectivity index is 4.74. The van der Waals surface area contributed by atoms with E-state index < -0.39 is 67.4 Å². The van der Waals surface area contributed by atoms with Crippen LogP contribution in [-0.2, 0) is 24.0 Å². The van der Waals surface area contributed by atoms with Crippen molar-refractivity contribution in [3.8, 4) is 0 Å². The smallest absolute Gasteiger partial charge is 0.328 e. The number of aliphatic carboxylic acids is 2. The quantitative estimate of drug-likeness (QED) is 0.122. The van der Waals surface area contributed by atoms with E-state index in [1.165, 1.54) is 0 Å². The van der Waals surface area contributed by atoms with Crippen molar-refractivity contribution in [3.05, 3.63) is 0 Å². The van der Waals surface area contributed by atoms with Gasteiger partial charge < -0.3 is 42.7 Å². The lowest BCUT2D eigenvalue weighted by Gasteiger charge is -2.20. The van der Waals surface area contributed by atoms with Crippen LogP contribution in [0.25, 0.3) is 0 Å². The van der Waals surface area contributed by atoms with Crippen LogP contribution in [0.15, 0.2) is 0 Å². The molecular weight excluding hydrogens is 390 g/mol. The summed E-state index contributed by atoms with van der Waals surface area (Å²) in [6, 6.07) is -3.82. The molecule has 0 bridgehead atoms. The number of nitrogens with one attached hydrogen (secondary N) is 3. The van der Waals surface area contributed by atoms with Gasteiger partial charge in [-0.3, -0.25) is 19.2 Å². The Morgan fingerprint density at radius 1 is 0.897 bits per heavy atom. The van der Waals surface area contributed by atoms with E-state index in [-0.39, 0.29) is 6.42 Å². The number of aliphatic hydroxyl groups excluding tert-OH is 1. The van der Waals surface area contributed by atoms with Crippen molar-refractivity contribution in [2.75, 3.05) is 19.7 Å². The first kappa shape index (κ1) is 26.2. The molecule has 0 aromatic carbocycles. The fraction of sp³-hybridized carbons (Fsp3) is 0.688. The second kappa shape index (κ2) is 14.3. The van der Waals surface area contributed by atoms with Gasteiger partial charge in [-0.2, -0.15) is 0 Å². The third-order valence-electron chi connectivity index (χ3n) is 3.82. The molecule has 0 saturated carbocycles. The number of unbranched alkanes of at least 4 members (excludes halogenated alkanes) is 1. The molecule has 29 heavy (non-hydrogen) atoms. The molecule has 0 saturated heterocycles. The summed E-state index contributed by atoms with van der Waals surface area (Å²) in [4.78, 5) is 57.6. The zero-order valence-electron chi connectivity index (χ0n) is 15.9. The largest absolute Gasteiger partial charge is 0.481 e. The van der Waals surface area contributed by atoms with Gasteiger partial charge in [0.1, 0.15) is 12.1 Å². The van der Waals surface area contributed by atoms with Crippen LogP contribution in [0.3, 0.4) is 0 Å². The molecule has 0 aromatic rings. The predicted molar refractivity (Wildman–Crippen MR) is 99.3 cm³/mol. The molecule has 0 aromatic heterocycles. The van der Waals surface area contributed by atoms with Gasteiger partial charge in [-0.25, -0.2) is 4.79 Å². The molecule has 0 radical (unpaired) electrons. The van der Waals surface area contributed by atoms with E-state index in [2.05, 4.69) is 10.6 Å². The first-order valence-electron chi connectivity index (χ1n) is 9.00. The first-order valence-corrected chi connectivity index (χ1v) is 9.00. The molecule has 0 aliphatic rings. The molecule has 0 fully saturated rings. The van der Waals surface area contributed by atoms with Crippen LogP contribution < -0.4 is 27.4 Å². The highest BCUT2D eigenvalue weighted by molar-refractivity contribution is 5.92. The summed E-state index contributed by atoms with van der Waals surface area (Å²) >= 11 is 0. The first-order chi connectivity index (χ1) is 13.6. The average molecular weight is 419 g/mol. The third-order valence-corrected chi connectivity index (χ3v) is 3.82. The summed E-state index contributed by atoms with van der Waals surface area (Å²) in [5.74, 6) is -5.08. The van der Waals surface area contributed by atoms with E-state index in [9.17, 15) is 24.0 Å². The molecule has 13 nitrogen and oxygen atoms in total. The number of carboxylic acid groups (broad SMARTS) is 2. The molecule has 13 heteroatoms. The van der Waals surface area contributed by atoms with Gasteiger partial charge in [0.15, 0.2) is 0 Å². The van der Waals surface area contributed by atoms with Gasteiger partial charge in [-0.15, -0.1) is 0 Å². The summed E-state index contributed by atoms with van der Waals surface area (Å²) in [5.41, 5.74) is 11.0. The minimum absolute atomic E-state index is 0.322. The van der Waals surface area contributed by atoms with Crippen molar-refractivity contribution in [1.29, 1.82) is 0 Å². The van der Waals surface area contributed by atoms with Crippen molar-refractivity contribution in [1.82, 2.24) is 16.0 Å². The van der Waals surface area contributed by atoms with Crippen molar-refractivity contribution in [3.63, 3.8) is 0 Å². The Labute approximate surface area is 167 Å². The van der Waals surface area contributed by atoms with E-state index in [1.54, 1.807) is 0 Å². The van der Waals surface area contributed by atoms with E-state index >= 15 is 0 Å². The van der Waals surface area contributed by atoms with Crippen LogP contribution in [0.1, 0.15) is 32.1 Å². The minimum atomic E-state index is -1.61. The highest BCUT2D eigenvalue weighted by atomic mass is 16.4. The minimum Gasteiger partial charge on any atom is -0.481 e. The Bertz CT molecular complexity index is 586. The average Bonchev–Trinajstić information content (AvgIpc) is 2.66. The van der Waals surface area contributed by atoms with Gasteiger partial charge in [0.25, 0.3) is 0 Å². The number of nitrogens with two attached hydrogens (primary N) is 2. The molecule has 0 aliphatic carbocycles. The SMILES string of the molecule is NCCCCC(N)C(=O)NCC(=O)NC(CCC(=O)O)C(=O)NC(CO)C(=O)O. The van der Waals surface area contributed by atoms with Crippen LogP contribution in [0.4, 0.5) is 0 Å². The molecule has 10 N–H and O–H groups in total. The molecule has 0 aliphatic heterocycles. The lowest BCUT2D eigenvalue weighted by atomic mass is 10.1. The van der Waals surface area contributed by atoms with Crippen LogP contribution in [-0.4, -0.2) is 82.8 Å². The number of rotatable bonds is 15. The van der Waals surface area contributed by atoms with E-state index in [4.69, 9.17) is 26.8 Å². The summed E-state index contributed by atoms with van der Waals surface area (Å²) in [5, 5.41) is 33.1. The Kier molecular flexibility index (Phi) is 12.9. The summed E-state index contributed by atoms with van der Waals surface area (Å²) in [6.45, 7) is -0.934. The van der Waals surface area contributed by atoms with Crippen LogP contribution >= 0.6 is 0 Å². The molecule has 3 amide bonds. The summed E-state index contributed by atoms with van der Waals surface area (Å²) in [6.07, 6.45) is 0.925. The zero-order chi connectivity index (χ0) is 22.4. The van der Waals surface area contributed by atoms with E-state index in [1.807, 2.05) is 5.32 Å². The maximum absolute atomic E-state index is 12.1. The third kappa shape index (κ3) is 11.6. The fourth-order valence-corrected chi connectivity index (χ4v) is 2.18. The number of hydrogen-bond donors (Lipinski definition) is 8. The maximum Gasteiger partial charge on any atom is 0.328 e. The molecule has 0 heterocycles. The number of carbonyl (C=O) groups excluding carboxylic acids is 3. The standard InChI is InChI=1S/C16H29N5O8/c17-6-2-1-3-9(18)14(26)19-7-12(23)20-10(4-5-13(24)25)15(27)21-11(8-22)16(28)29/h9-11,22H,1-8,17-18H2,(H,19,26)(H,20,23)(H,21,27)(H,24,25)(H,28,29). The Hall–Kier alpha value is -2.77. The summed E-state index contributed by atoms with van der Waals surface area (Å²) in [7, 11) is 0. The van der Waals surface area contributed by atoms with Gasteiger partial charge in [0, 0.05) is 6.42 Å². The highest BCUT2D eigenvalue weighted by Gasteiger charge is 2.26. The monoisotopic (exact) mass is 419 g/mol. The number of aliphatic hydroxyl groups is 1. The molecule has 0 spiro atoms. The number of carbonyl (C=O) groups is 5. The predicted octanol–water partition coefficient (Wildman–Crippen LogP) is -3.53. The van der Waals surface area contributed by atoms with Crippen molar-refractivity contribution < 1.29 is 39.3 Å².